The fourth-order valence-electron chi connectivity index (χ4n) is 3.67. The summed E-state index contributed by atoms with van der Waals surface area (Å²) in [5.74, 6) is 0.676. The molecule has 3 rings (SSSR count). The lowest BCUT2D eigenvalue weighted by atomic mass is 9.87. The highest BCUT2D eigenvalue weighted by molar-refractivity contribution is 6.06. The van der Waals surface area contributed by atoms with E-state index >= 15 is 0 Å². The molecule has 2 amide bonds. The smallest absolute Gasteiger partial charge is 0.258 e. The molecule has 1 N–H and O–H groups in total. The fraction of sp³-hybridized carbons (Fsp3) is 0.310. The monoisotopic (exact) mass is 458 g/mol. The molecule has 0 fully saturated rings. The second-order valence-electron chi connectivity index (χ2n) is 9.34. The van der Waals surface area contributed by atoms with Gasteiger partial charge in [0.2, 0.25) is 5.91 Å². The molecule has 5 nitrogen and oxygen atoms in total. The molecule has 34 heavy (non-hydrogen) atoms. The summed E-state index contributed by atoms with van der Waals surface area (Å²) >= 11 is 0. The number of benzene rings is 3. The molecule has 0 spiro atoms. The van der Waals surface area contributed by atoms with E-state index in [9.17, 15) is 9.59 Å². The van der Waals surface area contributed by atoms with Crippen LogP contribution in [-0.2, 0) is 4.79 Å². The summed E-state index contributed by atoms with van der Waals surface area (Å²) < 4.78 is 5.94. The zero-order chi connectivity index (χ0) is 24.7. The molecule has 0 aliphatic heterocycles. The van der Waals surface area contributed by atoms with Gasteiger partial charge < -0.3 is 15.0 Å². The van der Waals surface area contributed by atoms with Gasteiger partial charge in [0.1, 0.15) is 5.75 Å². The van der Waals surface area contributed by atoms with Gasteiger partial charge in [0, 0.05) is 29.4 Å². The highest BCUT2D eigenvalue weighted by Gasteiger charge is 2.27. The van der Waals surface area contributed by atoms with Crippen molar-refractivity contribution < 1.29 is 14.3 Å². The number of nitrogens with one attached hydrogen (secondary N) is 1. The van der Waals surface area contributed by atoms with Crippen molar-refractivity contribution in [3.05, 3.63) is 89.5 Å². The molecule has 178 valence electrons. The highest BCUT2D eigenvalue weighted by atomic mass is 16.5. The number of nitrogens with zero attached hydrogens (tertiary/aromatic N) is 1. The van der Waals surface area contributed by atoms with Gasteiger partial charge in [0.15, 0.2) is 0 Å². The van der Waals surface area contributed by atoms with Crippen LogP contribution in [0.15, 0.2) is 72.8 Å². The Morgan fingerprint density at radius 3 is 2.41 bits per heavy atom. The molecular formula is C29H34N2O3. The molecule has 0 atom stereocenters. The Bertz CT molecular complexity index is 1140. The molecule has 0 unspecified atom stereocenters. The lowest BCUT2D eigenvalue weighted by Crippen LogP contribution is -2.31. The van der Waals surface area contributed by atoms with E-state index in [0.717, 1.165) is 29.0 Å². The van der Waals surface area contributed by atoms with Gasteiger partial charge in [0.05, 0.1) is 6.61 Å². The summed E-state index contributed by atoms with van der Waals surface area (Å²) in [5.41, 5.74) is 3.63. The van der Waals surface area contributed by atoms with Crippen molar-refractivity contribution in [1.29, 1.82) is 0 Å². The zero-order valence-electron chi connectivity index (χ0n) is 20.7. The Hall–Kier alpha value is -3.60. The van der Waals surface area contributed by atoms with Crippen molar-refractivity contribution in [2.24, 2.45) is 5.41 Å². The van der Waals surface area contributed by atoms with Gasteiger partial charge in [-0.2, -0.15) is 0 Å². The molecular weight excluding hydrogens is 424 g/mol. The van der Waals surface area contributed by atoms with Crippen molar-refractivity contribution in [2.45, 2.75) is 40.5 Å². The van der Waals surface area contributed by atoms with Crippen LogP contribution >= 0.6 is 0 Å². The first-order valence-corrected chi connectivity index (χ1v) is 11.6. The van der Waals surface area contributed by atoms with Crippen LogP contribution < -0.4 is 15.0 Å². The van der Waals surface area contributed by atoms with Crippen LogP contribution in [0.1, 0.15) is 48.2 Å². The van der Waals surface area contributed by atoms with Gasteiger partial charge in [-0.1, -0.05) is 50.2 Å². The van der Waals surface area contributed by atoms with E-state index in [1.165, 1.54) is 0 Å². The average molecular weight is 459 g/mol. The minimum absolute atomic E-state index is 0.0831. The first-order valence-electron chi connectivity index (χ1n) is 11.6. The van der Waals surface area contributed by atoms with Crippen LogP contribution in [0.3, 0.4) is 0 Å². The summed E-state index contributed by atoms with van der Waals surface area (Å²) in [4.78, 5) is 27.5. The molecule has 0 saturated carbocycles. The third kappa shape index (κ3) is 6.47. The van der Waals surface area contributed by atoms with E-state index in [2.05, 4.69) is 17.4 Å². The van der Waals surface area contributed by atoms with E-state index in [4.69, 9.17) is 4.74 Å². The van der Waals surface area contributed by atoms with Crippen molar-refractivity contribution in [3.8, 4) is 5.75 Å². The van der Waals surface area contributed by atoms with Crippen LogP contribution in [0.2, 0.25) is 0 Å². The van der Waals surface area contributed by atoms with Crippen molar-refractivity contribution in [2.75, 3.05) is 23.9 Å². The Kier molecular flexibility index (Phi) is 8.11. The molecule has 3 aromatic carbocycles. The topological polar surface area (TPSA) is 58.6 Å². The van der Waals surface area contributed by atoms with Crippen molar-refractivity contribution in [1.82, 2.24) is 0 Å². The fourth-order valence-corrected chi connectivity index (χ4v) is 3.67. The lowest BCUT2D eigenvalue weighted by molar-refractivity contribution is -0.124. The number of carbonyl (C=O) groups is 2. The van der Waals surface area contributed by atoms with Crippen LogP contribution in [0.4, 0.5) is 11.4 Å². The molecule has 5 heteroatoms. The maximum atomic E-state index is 13.0. The third-order valence-corrected chi connectivity index (χ3v) is 5.98. The molecule has 0 aliphatic rings. The first kappa shape index (κ1) is 25.0. The summed E-state index contributed by atoms with van der Waals surface area (Å²) in [6.07, 6.45) is 1.44. The van der Waals surface area contributed by atoms with Gasteiger partial charge in [-0.05, 0) is 74.2 Å². The maximum Gasteiger partial charge on any atom is 0.258 e. The Morgan fingerprint density at radius 2 is 1.68 bits per heavy atom. The Morgan fingerprint density at radius 1 is 0.941 bits per heavy atom. The quantitative estimate of drug-likeness (QED) is 0.377. The van der Waals surface area contributed by atoms with E-state index in [-0.39, 0.29) is 11.8 Å². The minimum atomic E-state index is -0.578. The normalized spacial score (nSPS) is 11.1. The number of amides is 2. The molecule has 3 aromatic rings. The Labute approximate surface area is 202 Å². The number of para-hydroxylation sites is 1. The minimum Gasteiger partial charge on any atom is -0.493 e. The van der Waals surface area contributed by atoms with Gasteiger partial charge >= 0.3 is 0 Å². The number of anilines is 2. The summed E-state index contributed by atoms with van der Waals surface area (Å²) in [6, 6.07) is 22.7. The first-order chi connectivity index (χ1) is 16.2. The standard InChI is InChI=1S/C29H34N2O3/c1-21-15-16-22(2)26(19-21)34-18-10-17-29(3,4)28(33)30-24-12-9-11-23(20-24)27(32)31(5)25-13-7-6-8-14-25/h6-9,11-16,19-20H,10,17-18H2,1-5H3,(H,30,33). The number of hydrogen-bond donors (Lipinski definition) is 1. The zero-order valence-corrected chi connectivity index (χ0v) is 20.7. The van der Waals surface area contributed by atoms with E-state index in [1.54, 1.807) is 36.2 Å². The van der Waals surface area contributed by atoms with Gasteiger partial charge in [-0.15, -0.1) is 0 Å². The predicted octanol–water partition coefficient (Wildman–Crippen LogP) is 6.40. The van der Waals surface area contributed by atoms with E-state index in [1.807, 2.05) is 64.1 Å². The molecule has 0 saturated heterocycles. The highest BCUT2D eigenvalue weighted by Crippen LogP contribution is 2.26. The SMILES string of the molecule is Cc1ccc(C)c(OCCCC(C)(C)C(=O)Nc2cccc(C(=O)N(C)c3ccccc3)c2)c1. The second-order valence-corrected chi connectivity index (χ2v) is 9.34. The summed E-state index contributed by atoms with van der Waals surface area (Å²) in [6.45, 7) is 8.48. The number of aryl methyl sites for hydroxylation is 2. The molecule has 0 bridgehead atoms. The third-order valence-electron chi connectivity index (χ3n) is 5.98. The van der Waals surface area contributed by atoms with Gasteiger partial charge in [-0.3, -0.25) is 9.59 Å². The lowest BCUT2D eigenvalue weighted by Gasteiger charge is -2.24. The number of rotatable bonds is 9. The van der Waals surface area contributed by atoms with Crippen LogP contribution in [0, 0.1) is 19.3 Å². The summed E-state index contributed by atoms with van der Waals surface area (Å²) in [5, 5.41) is 2.98. The van der Waals surface area contributed by atoms with E-state index < -0.39 is 5.41 Å². The summed E-state index contributed by atoms with van der Waals surface area (Å²) in [7, 11) is 1.74. The van der Waals surface area contributed by atoms with Crippen LogP contribution in [0.5, 0.6) is 5.75 Å². The average Bonchev–Trinajstić information content (AvgIpc) is 2.83. The number of hydrogen-bond acceptors (Lipinski definition) is 3. The largest absolute Gasteiger partial charge is 0.493 e. The predicted molar refractivity (Wildman–Crippen MR) is 139 cm³/mol. The number of carbonyl (C=O) groups excluding carboxylic acids is 2. The molecule has 0 aliphatic carbocycles. The number of ether oxygens (including phenoxy) is 1. The molecule has 0 radical (unpaired) electrons. The van der Waals surface area contributed by atoms with Crippen molar-refractivity contribution >= 4 is 23.2 Å². The van der Waals surface area contributed by atoms with Gasteiger partial charge in [-0.25, -0.2) is 0 Å². The van der Waals surface area contributed by atoms with Gasteiger partial charge in [0.25, 0.3) is 5.91 Å². The van der Waals surface area contributed by atoms with E-state index in [0.29, 0.717) is 24.3 Å². The van der Waals surface area contributed by atoms with Crippen LogP contribution in [-0.4, -0.2) is 25.5 Å². The molecule has 0 heterocycles. The maximum absolute atomic E-state index is 13.0. The van der Waals surface area contributed by atoms with Crippen LogP contribution in [0.25, 0.3) is 0 Å². The molecule has 0 aromatic heterocycles. The Balaban J connectivity index is 1.56. The second kappa shape index (κ2) is 11.0. The van der Waals surface area contributed by atoms with Crippen molar-refractivity contribution in [3.63, 3.8) is 0 Å².